The van der Waals surface area contributed by atoms with E-state index in [1.165, 1.54) is 6.26 Å². The number of carbonyl (C=O) groups is 2. The highest BCUT2D eigenvalue weighted by Gasteiger charge is 2.30. The highest BCUT2D eigenvalue weighted by Crippen LogP contribution is 2.38. The van der Waals surface area contributed by atoms with Crippen LogP contribution < -0.4 is 9.64 Å². The maximum Gasteiger partial charge on any atom is 0.275 e. The molecule has 0 spiro atoms. The number of piperazine rings is 1. The van der Waals surface area contributed by atoms with E-state index in [0.717, 1.165) is 31.6 Å². The summed E-state index contributed by atoms with van der Waals surface area (Å²) in [5.74, 6) is 0.709. The van der Waals surface area contributed by atoms with E-state index in [9.17, 15) is 9.59 Å². The van der Waals surface area contributed by atoms with Gasteiger partial charge in [-0.05, 0) is 36.1 Å². The molecule has 0 aliphatic carbocycles. The molecule has 8 heteroatoms. The lowest BCUT2D eigenvalue weighted by Gasteiger charge is -2.33. The second-order valence-corrected chi connectivity index (χ2v) is 9.04. The summed E-state index contributed by atoms with van der Waals surface area (Å²) in [6.07, 6.45) is 2.37. The standard InChI is InChI=1S/C24H32N4O4/c1-5-24(3,4)17-7-8-20-19(13-17)28(22(29)16-31-20)14-21-25-18(15-32-21)23(30)27-11-9-26(6-2)10-12-27/h7-8,13,15H,5-6,9-12,14,16H2,1-4H3. The van der Waals surface area contributed by atoms with Crippen LogP contribution in [0.4, 0.5) is 5.69 Å². The van der Waals surface area contributed by atoms with Crippen LogP contribution in [-0.2, 0) is 16.8 Å². The summed E-state index contributed by atoms with van der Waals surface area (Å²) in [6.45, 7) is 12.8. The average Bonchev–Trinajstić information content (AvgIpc) is 3.29. The molecular weight excluding hydrogens is 408 g/mol. The largest absolute Gasteiger partial charge is 0.482 e. The number of carbonyl (C=O) groups excluding carboxylic acids is 2. The minimum atomic E-state index is -0.161. The summed E-state index contributed by atoms with van der Waals surface area (Å²) in [6, 6.07) is 5.98. The van der Waals surface area contributed by atoms with Gasteiger partial charge in [-0.15, -0.1) is 0 Å². The number of ether oxygens (including phenoxy) is 1. The Hall–Kier alpha value is -2.87. The number of nitrogens with zero attached hydrogens (tertiary/aromatic N) is 4. The number of rotatable bonds is 6. The fourth-order valence-electron chi connectivity index (χ4n) is 4.05. The van der Waals surface area contributed by atoms with Gasteiger partial charge in [-0.2, -0.15) is 0 Å². The van der Waals surface area contributed by atoms with Gasteiger partial charge in [0.25, 0.3) is 11.8 Å². The van der Waals surface area contributed by atoms with Gasteiger partial charge >= 0.3 is 0 Å². The average molecular weight is 441 g/mol. The number of benzene rings is 1. The Morgan fingerprint density at radius 2 is 1.91 bits per heavy atom. The molecular formula is C24H32N4O4. The van der Waals surface area contributed by atoms with Crippen LogP contribution in [0.25, 0.3) is 0 Å². The smallest absolute Gasteiger partial charge is 0.275 e. The first-order valence-corrected chi connectivity index (χ1v) is 11.4. The number of aromatic nitrogens is 1. The second-order valence-electron chi connectivity index (χ2n) is 9.04. The molecule has 1 fully saturated rings. The van der Waals surface area contributed by atoms with Crippen LogP contribution in [0, 0.1) is 0 Å². The lowest BCUT2D eigenvalue weighted by atomic mass is 9.82. The van der Waals surface area contributed by atoms with E-state index in [0.29, 0.717) is 30.4 Å². The summed E-state index contributed by atoms with van der Waals surface area (Å²) < 4.78 is 11.2. The first kappa shape index (κ1) is 22.3. The van der Waals surface area contributed by atoms with Gasteiger partial charge in [0.1, 0.15) is 18.6 Å². The van der Waals surface area contributed by atoms with Crippen molar-refractivity contribution in [2.45, 2.75) is 46.1 Å². The number of amides is 2. The number of hydrogen-bond donors (Lipinski definition) is 0. The van der Waals surface area contributed by atoms with Crippen LogP contribution in [0.5, 0.6) is 5.75 Å². The fourth-order valence-corrected chi connectivity index (χ4v) is 4.05. The normalized spacial score (nSPS) is 17.3. The summed E-state index contributed by atoms with van der Waals surface area (Å²) in [5.41, 5.74) is 2.11. The molecule has 0 bridgehead atoms. The summed E-state index contributed by atoms with van der Waals surface area (Å²) in [4.78, 5) is 35.7. The molecule has 0 saturated carbocycles. The van der Waals surface area contributed by atoms with E-state index in [1.807, 2.05) is 17.0 Å². The first-order chi connectivity index (χ1) is 15.3. The summed E-state index contributed by atoms with van der Waals surface area (Å²) in [7, 11) is 0. The molecule has 8 nitrogen and oxygen atoms in total. The van der Waals surface area contributed by atoms with Crippen molar-refractivity contribution in [1.82, 2.24) is 14.8 Å². The first-order valence-electron chi connectivity index (χ1n) is 11.4. The van der Waals surface area contributed by atoms with Crippen LogP contribution in [0.1, 0.15) is 56.1 Å². The molecule has 1 aromatic heterocycles. The molecule has 1 aromatic carbocycles. The number of oxazole rings is 1. The lowest BCUT2D eigenvalue weighted by molar-refractivity contribution is -0.121. The van der Waals surface area contributed by atoms with Gasteiger partial charge in [0, 0.05) is 26.2 Å². The minimum absolute atomic E-state index is 0.0223. The molecule has 2 amide bonds. The highest BCUT2D eigenvalue weighted by atomic mass is 16.5. The van der Waals surface area contributed by atoms with Crippen molar-refractivity contribution in [3.8, 4) is 5.75 Å². The Kier molecular flexibility index (Phi) is 6.24. The SMILES string of the molecule is CCN1CCN(C(=O)c2coc(CN3C(=O)COc4ccc(C(C)(C)CC)cc43)n2)CC1. The third kappa shape index (κ3) is 4.37. The van der Waals surface area contributed by atoms with Gasteiger partial charge in [-0.25, -0.2) is 4.98 Å². The molecule has 3 heterocycles. The predicted octanol–water partition coefficient (Wildman–Crippen LogP) is 3.07. The maximum atomic E-state index is 12.8. The zero-order chi connectivity index (χ0) is 22.9. The van der Waals surface area contributed by atoms with Crippen molar-refractivity contribution < 1.29 is 18.7 Å². The molecule has 0 atom stereocenters. The van der Waals surface area contributed by atoms with Gasteiger partial charge in [-0.1, -0.05) is 33.8 Å². The summed E-state index contributed by atoms with van der Waals surface area (Å²) in [5, 5.41) is 0. The molecule has 2 aliphatic heterocycles. The van der Waals surface area contributed by atoms with E-state index in [2.05, 4.69) is 43.6 Å². The van der Waals surface area contributed by atoms with Gasteiger partial charge in [0.05, 0.1) is 5.69 Å². The molecule has 1 saturated heterocycles. The molecule has 0 N–H and O–H groups in total. The van der Waals surface area contributed by atoms with Gasteiger partial charge in [-0.3, -0.25) is 14.5 Å². The van der Waals surface area contributed by atoms with Gasteiger partial charge < -0.3 is 19.0 Å². The van der Waals surface area contributed by atoms with Crippen molar-refractivity contribution in [1.29, 1.82) is 0 Å². The van der Waals surface area contributed by atoms with Crippen LogP contribution in [0.2, 0.25) is 0 Å². The second kappa shape index (κ2) is 8.94. The number of fused-ring (bicyclic) bond motifs is 1. The van der Waals surface area contributed by atoms with Crippen molar-refractivity contribution in [3.05, 3.63) is 41.6 Å². The highest BCUT2D eigenvalue weighted by molar-refractivity contribution is 5.98. The molecule has 0 radical (unpaired) electrons. The van der Waals surface area contributed by atoms with Crippen molar-refractivity contribution >= 4 is 17.5 Å². The van der Waals surface area contributed by atoms with E-state index < -0.39 is 0 Å². The Morgan fingerprint density at radius 1 is 1.16 bits per heavy atom. The van der Waals surface area contributed by atoms with E-state index in [4.69, 9.17) is 9.15 Å². The quantitative estimate of drug-likeness (QED) is 0.687. The minimum Gasteiger partial charge on any atom is -0.482 e. The Labute approximate surface area is 189 Å². The molecule has 2 aliphatic rings. The lowest BCUT2D eigenvalue weighted by Crippen LogP contribution is -2.48. The zero-order valence-electron chi connectivity index (χ0n) is 19.4. The van der Waals surface area contributed by atoms with Crippen LogP contribution >= 0.6 is 0 Å². The Bertz CT molecular complexity index is 992. The third-order valence-electron chi connectivity index (χ3n) is 6.74. The van der Waals surface area contributed by atoms with E-state index in [-0.39, 0.29) is 36.1 Å². The number of anilines is 1. The van der Waals surface area contributed by atoms with Crippen LogP contribution in [-0.4, -0.2) is 65.9 Å². The fraction of sp³-hybridized carbons (Fsp3) is 0.542. The number of likely N-dealkylation sites (N-methyl/N-ethyl adjacent to an activating group) is 1. The summed E-state index contributed by atoms with van der Waals surface area (Å²) >= 11 is 0. The van der Waals surface area contributed by atoms with Crippen LogP contribution in [0.15, 0.2) is 28.9 Å². The molecule has 32 heavy (non-hydrogen) atoms. The molecule has 0 unspecified atom stereocenters. The van der Waals surface area contributed by atoms with Crippen molar-refractivity contribution in [2.75, 3.05) is 44.2 Å². The Balaban J connectivity index is 1.52. The Morgan fingerprint density at radius 3 is 2.59 bits per heavy atom. The van der Waals surface area contributed by atoms with Gasteiger partial charge in [0.2, 0.25) is 5.89 Å². The van der Waals surface area contributed by atoms with Crippen LogP contribution in [0.3, 0.4) is 0 Å². The van der Waals surface area contributed by atoms with Crippen molar-refractivity contribution in [2.24, 2.45) is 0 Å². The zero-order valence-corrected chi connectivity index (χ0v) is 19.4. The molecule has 2 aromatic rings. The van der Waals surface area contributed by atoms with E-state index >= 15 is 0 Å². The number of hydrogen-bond acceptors (Lipinski definition) is 6. The van der Waals surface area contributed by atoms with E-state index in [1.54, 1.807) is 4.90 Å². The monoisotopic (exact) mass is 440 g/mol. The maximum absolute atomic E-state index is 12.8. The topological polar surface area (TPSA) is 79.1 Å². The van der Waals surface area contributed by atoms with Gasteiger partial charge in [0.15, 0.2) is 12.3 Å². The molecule has 4 rings (SSSR count). The van der Waals surface area contributed by atoms with Crippen molar-refractivity contribution in [3.63, 3.8) is 0 Å². The molecule has 172 valence electrons. The third-order valence-corrected chi connectivity index (χ3v) is 6.74. The predicted molar refractivity (Wildman–Crippen MR) is 121 cm³/mol.